The molecule has 1 aliphatic heterocycles. The van der Waals surface area contributed by atoms with Gasteiger partial charge in [-0.15, -0.1) is 0 Å². The molecule has 1 heterocycles. The third kappa shape index (κ3) is 5.81. The Labute approximate surface area is 170 Å². The van der Waals surface area contributed by atoms with Crippen LogP contribution in [0.3, 0.4) is 0 Å². The van der Waals surface area contributed by atoms with E-state index in [1.165, 1.54) is 6.42 Å². The molecular formula is C22H26N4O3. The average Bonchev–Trinajstić information content (AvgIpc) is 2.77. The van der Waals surface area contributed by atoms with Gasteiger partial charge in [0.15, 0.2) is 6.61 Å². The van der Waals surface area contributed by atoms with Gasteiger partial charge in [-0.25, -0.2) is 5.43 Å². The minimum absolute atomic E-state index is 0.0249. The van der Waals surface area contributed by atoms with E-state index in [1.807, 2.05) is 17.0 Å². The number of rotatable bonds is 6. The third-order valence-electron chi connectivity index (χ3n) is 4.84. The van der Waals surface area contributed by atoms with Crippen LogP contribution in [-0.2, 0) is 4.79 Å². The molecule has 0 unspecified atom stereocenters. The molecule has 1 fully saturated rings. The highest BCUT2D eigenvalue weighted by molar-refractivity contribution is 6.01. The first-order valence-electron chi connectivity index (χ1n) is 9.74. The highest BCUT2D eigenvalue weighted by Crippen LogP contribution is 2.14. The van der Waals surface area contributed by atoms with Gasteiger partial charge in [-0.2, -0.15) is 5.10 Å². The minimum atomic E-state index is -0.305. The summed E-state index contributed by atoms with van der Waals surface area (Å²) in [5.41, 5.74) is 10.7. The second-order valence-corrected chi connectivity index (χ2v) is 7.01. The van der Waals surface area contributed by atoms with Crippen molar-refractivity contribution in [3.63, 3.8) is 0 Å². The van der Waals surface area contributed by atoms with Crippen LogP contribution < -0.4 is 15.9 Å². The highest BCUT2D eigenvalue weighted by Gasteiger charge is 2.16. The molecule has 0 radical (unpaired) electrons. The van der Waals surface area contributed by atoms with Crippen LogP contribution >= 0.6 is 0 Å². The summed E-state index contributed by atoms with van der Waals surface area (Å²) in [7, 11) is 0. The Hall–Kier alpha value is -3.35. The van der Waals surface area contributed by atoms with E-state index < -0.39 is 0 Å². The summed E-state index contributed by atoms with van der Waals surface area (Å²) in [5.74, 6) is 0.343. The van der Waals surface area contributed by atoms with Gasteiger partial charge in [0.2, 0.25) is 0 Å². The van der Waals surface area contributed by atoms with Crippen molar-refractivity contribution in [1.82, 2.24) is 10.3 Å². The molecule has 1 aliphatic rings. The van der Waals surface area contributed by atoms with E-state index in [4.69, 9.17) is 10.5 Å². The second kappa shape index (κ2) is 9.73. The molecule has 1 saturated heterocycles. The number of nitrogens with two attached hydrogens (primary N) is 1. The fraction of sp³-hybridized carbons (Fsp3) is 0.318. The number of carbonyl (C=O) groups is 2. The summed E-state index contributed by atoms with van der Waals surface area (Å²) in [4.78, 5) is 26.1. The smallest absolute Gasteiger partial charge is 0.271 e. The predicted octanol–water partition coefficient (Wildman–Crippen LogP) is 2.81. The zero-order valence-electron chi connectivity index (χ0n) is 16.6. The van der Waals surface area contributed by atoms with Gasteiger partial charge in [0.1, 0.15) is 5.75 Å². The molecule has 0 aliphatic carbocycles. The van der Waals surface area contributed by atoms with Crippen molar-refractivity contribution < 1.29 is 14.3 Å². The normalized spacial score (nSPS) is 14.4. The van der Waals surface area contributed by atoms with Gasteiger partial charge in [-0.05, 0) is 80.3 Å². The molecule has 2 aromatic carbocycles. The third-order valence-corrected chi connectivity index (χ3v) is 4.84. The van der Waals surface area contributed by atoms with E-state index in [-0.39, 0.29) is 18.4 Å². The van der Waals surface area contributed by atoms with Gasteiger partial charge in [0.05, 0.1) is 5.71 Å². The molecule has 7 heteroatoms. The molecule has 29 heavy (non-hydrogen) atoms. The van der Waals surface area contributed by atoms with Crippen molar-refractivity contribution in [2.24, 2.45) is 5.10 Å². The number of carbonyl (C=O) groups excluding carboxylic acids is 2. The Morgan fingerprint density at radius 1 is 1.00 bits per heavy atom. The second-order valence-electron chi connectivity index (χ2n) is 7.01. The molecule has 0 spiro atoms. The first-order valence-corrected chi connectivity index (χ1v) is 9.74. The Morgan fingerprint density at radius 2 is 1.62 bits per heavy atom. The summed E-state index contributed by atoms with van der Waals surface area (Å²) in [6, 6.07) is 13.9. The van der Waals surface area contributed by atoms with Gasteiger partial charge in [0.25, 0.3) is 11.8 Å². The van der Waals surface area contributed by atoms with Gasteiger partial charge in [-0.1, -0.05) is 0 Å². The molecule has 3 N–H and O–H groups in total. The quantitative estimate of drug-likeness (QED) is 0.447. The Kier molecular flexibility index (Phi) is 6.84. The number of anilines is 1. The van der Waals surface area contributed by atoms with Crippen molar-refractivity contribution in [3.05, 3.63) is 59.7 Å². The molecule has 2 amide bonds. The molecule has 0 aromatic heterocycles. The van der Waals surface area contributed by atoms with Crippen LogP contribution in [0.2, 0.25) is 0 Å². The van der Waals surface area contributed by atoms with Crippen molar-refractivity contribution in [2.75, 3.05) is 25.4 Å². The maximum atomic E-state index is 12.2. The predicted molar refractivity (Wildman–Crippen MR) is 113 cm³/mol. The number of hydrogen-bond acceptors (Lipinski definition) is 5. The number of nitrogens with one attached hydrogen (secondary N) is 1. The maximum Gasteiger partial charge on any atom is 0.271 e. The first kappa shape index (κ1) is 20.4. The van der Waals surface area contributed by atoms with Crippen molar-refractivity contribution in [3.8, 4) is 5.75 Å². The molecule has 0 atom stereocenters. The largest absolute Gasteiger partial charge is 0.484 e. The Balaban J connectivity index is 1.51. The lowest BCUT2D eigenvalue weighted by atomic mass is 10.1. The number of piperidine rings is 1. The Morgan fingerprint density at radius 3 is 2.28 bits per heavy atom. The topological polar surface area (TPSA) is 97.0 Å². The zero-order chi connectivity index (χ0) is 20.6. The van der Waals surface area contributed by atoms with Crippen LogP contribution in [0.5, 0.6) is 5.75 Å². The Bertz CT molecular complexity index is 870. The van der Waals surface area contributed by atoms with E-state index in [1.54, 1.807) is 43.3 Å². The van der Waals surface area contributed by atoms with Crippen molar-refractivity contribution in [1.29, 1.82) is 0 Å². The van der Waals surface area contributed by atoms with E-state index >= 15 is 0 Å². The number of ether oxygens (including phenoxy) is 1. The van der Waals surface area contributed by atoms with Gasteiger partial charge in [0, 0.05) is 24.3 Å². The number of nitrogen functional groups attached to an aromatic ring is 1. The summed E-state index contributed by atoms with van der Waals surface area (Å²) in [5, 5.41) is 4.14. The van der Waals surface area contributed by atoms with E-state index in [0.29, 0.717) is 22.7 Å². The molecule has 0 saturated carbocycles. The number of hydrogen-bond donors (Lipinski definition) is 2. The molecular weight excluding hydrogens is 368 g/mol. The zero-order valence-corrected chi connectivity index (χ0v) is 16.6. The summed E-state index contributed by atoms with van der Waals surface area (Å²) in [6.45, 7) is 3.49. The minimum Gasteiger partial charge on any atom is -0.484 e. The fourth-order valence-corrected chi connectivity index (χ4v) is 3.07. The van der Waals surface area contributed by atoms with Crippen LogP contribution in [-0.4, -0.2) is 42.1 Å². The summed E-state index contributed by atoms with van der Waals surface area (Å²) in [6.07, 6.45) is 3.31. The molecule has 152 valence electrons. The van der Waals surface area contributed by atoms with Crippen LogP contribution in [0.15, 0.2) is 53.6 Å². The van der Waals surface area contributed by atoms with Crippen molar-refractivity contribution in [2.45, 2.75) is 26.2 Å². The van der Waals surface area contributed by atoms with Crippen molar-refractivity contribution >= 4 is 23.2 Å². The monoisotopic (exact) mass is 394 g/mol. The molecule has 2 aromatic rings. The first-order chi connectivity index (χ1) is 14.0. The fourth-order valence-electron chi connectivity index (χ4n) is 3.07. The lowest BCUT2D eigenvalue weighted by Gasteiger charge is -2.26. The lowest BCUT2D eigenvalue weighted by molar-refractivity contribution is -0.134. The lowest BCUT2D eigenvalue weighted by Crippen LogP contribution is -2.38. The average molecular weight is 394 g/mol. The molecule has 7 nitrogen and oxygen atoms in total. The number of likely N-dealkylation sites (tertiary alicyclic amines) is 1. The number of nitrogens with zero attached hydrogens (tertiary/aromatic N) is 2. The van der Waals surface area contributed by atoms with E-state index in [0.717, 1.165) is 31.5 Å². The highest BCUT2D eigenvalue weighted by atomic mass is 16.5. The van der Waals surface area contributed by atoms with Crippen LogP contribution in [0, 0.1) is 0 Å². The number of amides is 2. The van der Waals surface area contributed by atoms with E-state index in [2.05, 4.69) is 10.5 Å². The number of benzene rings is 2. The van der Waals surface area contributed by atoms with Crippen LogP contribution in [0.25, 0.3) is 0 Å². The summed E-state index contributed by atoms with van der Waals surface area (Å²) < 4.78 is 5.61. The van der Waals surface area contributed by atoms with Gasteiger partial charge < -0.3 is 15.4 Å². The van der Waals surface area contributed by atoms with Crippen LogP contribution in [0.4, 0.5) is 5.69 Å². The van der Waals surface area contributed by atoms with Gasteiger partial charge >= 0.3 is 0 Å². The SMILES string of the molecule is C/C(=N/NC(=O)c1ccc(N)cc1)c1ccc(OCC(=O)N2CCCCC2)cc1. The van der Waals surface area contributed by atoms with Crippen LogP contribution in [0.1, 0.15) is 42.1 Å². The molecule has 3 rings (SSSR count). The maximum absolute atomic E-state index is 12.2. The standard InChI is InChI=1S/C22H26N4O3/c1-16(24-25-22(28)18-5-9-19(23)10-6-18)17-7-11-20(12-8-17)29-15-21(27)26-13-3-2-4-14-26/h5-12H,2-4,13-15,23H2,1H3,(H,25,28)/b24-16-. The summed E-state index contributed by atoms with van der Waals surface area (Å²) >= 11 is 0. The number of hydrazone groups is 1. The van der Waals surface area contributed by atoms with Gasteiger partial charge in [-0.3, -0.25) is 9.59 Å². The molecule has 0 bridgehead atoms. The van der Waals surface area contributed by atoms with E-state index in [9.17, 15) is 9.59 Å².